The number of allylic oxidation sites excluding steroid dienone is 1. The van der Waals surface area contributed by atoms with Crippen LogP contribution in [0.1, 0.15) is 12.8 Å². The van der Waals surface area contributed by atoms with Crippen LogP contribution in [0, 0.1) is 11.3 Å². The molecule has 0 saturated carbocycles. The Kier molecular flexibility index (Phi) is 3.18. The fraction of sp³-hybridized carbons (Fsp3) is 0.667. The lowest BCUT2D eigenvalue weighted by molar-refractivity contribution is -0.100. The van der Waals surface area contributed by atoms with Crippen LogP contribution in [0.5, 0.6) is 0 Å². The van der Waals surface area contributed by atoms with Crippen LogP contribution in [0.4, 0.5) is 13.2 Å². The average Bonchev–Trinajstić information content (AvgIpc) is 2.15. The molecule has 0 radical (unpaired) electrons. The summed E-state index contributed by atoms with van der Waals surface area (Å²) in [6, 6.07) is 0. The highest BCUT2D eigenvalue weighted by Crippen LogP contribution is 2.34. The van der Waals surface area contributed by atoms with Crippen molar-refractivity contribution in [3.63, 3.8) is 0 Å². The molecular formula is C9H13F3N2. The van der Waals surface area contributed by atoms with E-state index in [1.54, 1.807) is 4.90 Å². The van der Waals surface area contributed by atoms with Crippen LogP contribution >= 0.6 is 0 Å². The first kappa shape index (κ1) is 11.1. The van der Waals surface area contributed by atoms with Crippen LogP contribution < -0.4 is 0 Å². The topological polar surface area (TPSA) is 27.1 Å². The summed E-state index contributed by atoms with van der Waals surface area (Å²) in [6.07, 6.45) is -2.22. The molecule has 0 bridgehead atoms. The van der Waals surface area contributed by atoms with Crippen LogP contribution in [0.3, 0.4) is 0 Å². The number of rotatable bonds is 2. The molecule has 1 aliphatic rings. The number of alkyl halides is 3. The smallest absolute Gasteiger partial charge is 0.363 e. The van der Waals surface area contributed by atoms with Gasteiger partial charge in [-0.25, -0.2) is 0 Å². The molecule has 1 rings (SSSR count). The molecule has 2 nitrogen and oxygen atoms in total. The molecule has 0 spiro atoms. The summed E-state index contributed by atoms with van der Waals surface area (Å²) >= 11 is 0. The maximum atomic E-state index is 12.3. The molecule has 1 fully saturated rings. The van der Waals surface area contributed by atoms with Crippen LogP contribution in [0.15, 0.2) is 12.2 Å². The molecule has 0 aromatic carbocycles. The predicted octanol–water partition coefficient (Wildman–Crippen LogP) is 2.42. The van der Waals surface area contributed by atoms with Crippen molar-refractivity contribution in [2.45, 2.75) is 19.0 Å². The highest BCUT2D eigenvalue weighted by Gasteiger charge is 2.37. The van der Waals surface area contributed by atoms with Crippen molar-refractivity contribution >= 4 is 6.34 Å². The zero-order valence-electron chi connectivity index (χ0n) is 7.77. The number of nitrogens with zero attached hydrogens (tertiary/aromatic N) is 1. The van der Waals surface area contributed by atoms with Gasteiger partial charge in [0.1, 0.15) is 0 Å². The Morgan fingerprint density at radius 1 is 1.36 bits per heavy atom. The van der Waals surface area contributed by atoms with Gasteiger partial charge >= 0.3 is 6.18 Å². The monoisotopic (exact) mass is 206 g/mol. The van der Waals surface area contributed by atoms with Gasteiger partial charge in [0.05, 0.1) is 6.34 Å². The molecule has 1 aliphatic heterocycles. The molecule has 0 aliphatic carbocycles. The lowest BCUT2D eigenvalue weighted by Gasteiger charge is -2.31. The van der Waals surface area contributed by atoms with Crippen molar-refractivity contribution in [2.75, 3.05) is 13.1 Å². The second-order valence-corrected chi connectivity index (χ2v) is 3.46. The summed E-state index contributed by atoms with van der Waals surface area (Å²) in [5.41, 5.74) is -0.623. The Hall–Kier alpha value is -1.00. The van der Waals surface area contributed by atoms with Crippen molar-refractivity contribution in [1.29, 1.82) is 5.41 Å². The molecule has 14 heavy (non-hydrogen) atoms. The molecule has 1 heterocycles. The fourth-order valence-electron chi connectivity index (χ4n) is 1.61. The molecule has 1 N–H and O–H groups in total. The molecule has 0 aromatic rings. The van der Waals surface area contributed by atoms with Gasteiger partial charge in [-0.1, -0.05) is 6.58 Å². The minimum absolute atomic E-state index is 0.438. The number of nitrogens with one attached hydrogen (secondary N) is 1. The largest absolute Gasteiger partial charge is 0.412 e. The minimum atomic E-state index is -4.27. The van der Waals surface area contributed by atoms with E-state index in [1.807, 2.05) is 0 Å². The van der Waals surface area contributed by atoms with E-state index in [0.29, 0.717) is 25.9 Å². The molecule has 0 aromatic heterocycles. The van der Waals surface area contributed by atoms with E-state index in [-0.39, 0.29) is 0 Å². The first-order valence-corrected chi connectivity index (χ1v) is 4.46. The number of likely N-dealkylation sites (tertiary alicyclic amines) is 1. The molecule has 0 atom stereocenters. The number of hydrogen-bond donors (Lipinski definition) is 1. The number of halogens is 3. The highest BCUT2D eigenvalue weighted by atomic mass is 19.4. The highest BCUT2D eigenvalue weighted by molar-refractivity contribution is 5.50. The molecule has 0 unspecified atom stereocenters. The number of hydrogen-bond acceptors (Lipinski definition) is 1. The summed E-state index contributed by atoms with van der Waals surface area (Å²) in [5.74, 6) is -0.466. The third-order valence-corrected chi connectivity index (χ3v) is 2.57. The van der Waals surface area contributed by atoms with E-state index in [1.165, 1.54) is 6.34 Å². The first-order chi connectivity index (χ1) is 6.45. The Balaban J connectivity index is 2.50. The van der Waals surface area contributed by atoms with Crippen molar-refractivity contribution in [3.8, 4) is 0 Å². The third-order valence-electron chi connectivity index (χ3n) is 2.57. The standard InChI is InChI=1S/C9H13F3N2/c1-7(9(10,11)12)8-2-4-14(6-13)5-3-8/h6,8,13H,1-5H2. The van der Waals surface area contributed by atoms with Gasteiger partial charge in [0, 0.05) is 18.7 Å². The van der Waals surface area contributed by atoms with E-state index in [4.69, 9.17) is 5.41 Å². The summed E-state index contributed by atoms with van der Waals surface area (Å²) in [5, 5.41) is 6.95. The second-order valence-electron chi connectivity index (χ2n) is 3.46. The molecule has 0 amide bonds. The van der Waals surface area contributed by atoms with E-state index >= 15 is 0 Å². The fourth-order valence-corrected chi connectivity index (χ4v) is 1.61. The van der Waals surface area contributed by atoms with Gasteiger partial charge in [0.2, 0.25) is 0 Å². The molecule has 5 heteroatoms. The van der Waals surface area contributed by atoms with Gasteiger partial charge in [-0.3, -0.25) is 5.41 Å². The van der Waals surface area contributed by atoms with Crippen molar-refractivity contribution < 1.29 is 13.2 Å². The maximum absolute atomic E-state index is 12.3. The Morgan fingerprint density at radius 3 is 2.21 bits per heavy atom. The van der Waals surface area contributed by atoms with Crippen LogP contribution in [-0.2, 0) is 0 Å². The van der Waals surface area contributed by atoms with Crippen LogP contribution in [-0.4, -0.2) is 30.5 Å². The van der Waals surface area contributed by atoms with E-state index in [0.717, 1.165) is 0 Å². The molecular weight excluding hydrogens is 193 g/mol. The molecule has 1 saturated heterocycles. The lowest BCUT2D eigenvalue weighted by Crippen LogP contribution is -2.35. The average molecular weight is 206 g/mol. The summed E-state index contributed by atoms with van der Waals surface area (Å²) in [6.45, 7) is 4.13. The predicted molar refractivity (Wildman–Crippen MR) is 48.3 cm³/mol. The van der Waals surface area contributed by atoms with Gasteiger partial charge in [-0.15, -0.1) is 0 Å². The van der Waals surface area contributed by atoms with E-state index in [2.05, 4.69) is 6.58 Å². The van der Waals surface area contributed by atoms with Crippen molar-refractivity contribution in [1.82, 2.24) is 4.90 Å². The van der Waals surface area contributed by atoms with Gasteiger partial charge in [-0.05, 0) is 18.8 Å². The normalized spacial score (nSPS) is 19.5. The van der Waals surface area contributed by atoms with Gasteiger partial charge in [0.15, 0.2) is 0 Å². The van der Waals surface area contributed by atoms with Crippen molar-refractivity contribution in [3.05, 3.63) is 12.2 Å². The van der Waals surface area contributed by atoms with Crippen molar-refractivity contribution in [2.24, 2.45) is 5.92 Å². The quantitative estimate of drug-likeness (QED) is 0.419. The SMILES string of the molecule is C=C(C1CCN(C=N)CC1)C(F)(F)F. The summed E-state index contributed by atoms with van der Waals surface area (Å²) in [4.78, 5) is 1.71. The summed E-state index contributed by atoms with van der Waals surface area (Å²) in [7, 11) is 0. The first-order valence-electron chi connectivity index (χ1n) is 4.46. The van der Waals surface area contributed by atoms with Gasteiger partial charge < -0.3 is 4.90 Å². The summed E-state index contributed by atoms with van der Waals surface area (Å²) < 4.78 is 36.8. The van der Waals surface area contributed by atoms with Gasteiger partial charge in [0.25, 0.3) is 0 Å². The number of piperidine rings is 1. The Bertz CT molecular complexity index is 227. The Morgan fingerprint density at radius 2 is 1.86 bits per heavy atom. The third kappa shape index (κ3) is 2.49. The zero-order valence-corrected chi connectivity index (χ0v) is 7.77. The van der Waals surface area contributed by atoms with Crippen LogP contribution in [0.25, 0.3) is 0 Å². The van der Waals surface area contributed by atoms with E-state index in [9.17, 15) is 13.2 Å². The minimum Gasteiger partial charge on any atom is -0.363 e. The molecule has 80 valence electrons. The second kappa shape index (κ2) is 4.02. The zero-order chi connectivity index (χ0) is 10.8. The maximum Gasteiger partial charge on any atom is 0.412 e. The van der Waals surface area contributed by atoms with E-state index < -0.39 is 17.7 Å². The van der Waals surface area contributed by atoms with Crippen LogP contribution in [0.2, 0.25) is 0 Å². The Labute approximate surface area is 80.9 Å². The lowest BCUT2D eigenvalue weighted by atomic mass is 9.90. The van der Waals surface area contributed by atoms with Gasteiger partial charge in [-0.2, -0.15) is 13.2 Å².